The number of anilines is 1. The van der Waals surface area contributed by atoms with Crippen LogP contribution < -0.4 is 5.32 Å². The SMILES string of the molecule is Cc1cnc(NCCSc2ccccc2)c([N+](=O)[O-])c1. The first kappa shape index (κ1) is 14.3. The van der Waals surface area contributed by atoms with Crippen molar-refractivity contribution in [1.29, 1.82) is 0 Å². The molecule has 2 aromatic rings. The van der Waals surface area contributed by atoms with Gasteiger partial charge in [-0.15, -0.1) is 11.8 Å². The van der Waals surface area contributed by atoms with Crippen molar-refractivity contribution < 1.29 is 4.92 Å². The van der Waals surface area contributed by atoms with Gasteiger partial charge >= 0.3 is 5.69 Å². The highest BCUT2D eigenvalue weighted by Crippen LogP contribution is 2.23. The molecule has 0 aliphatic heterocycles. The van der Waals surface area contributed by atoms with Crippen LogP contribution in [0.15, 0.2) is 47.5 Å². The van der Waals surface area contributed by atoms with Crippen LogP contribution in [0.5, 0.6) is 0 Å². The zero-order valence-corrected chi connectivity index (χ0v) is 11.9. The van der Waals surface area contributed by atoms with E-state index in [4.69, 9.17) is 0 Å². The third-order valence-corrected chi connectivity index (χ3v) is 3.62. The second kappa shape index (κ2) is 6.91. The number of rotatable bonds is 6. The molecule has 0 fully saturated rings. The molecular formula is C14H15N3O2S. The van der Waals surface area contributed by atoms with Gasteiger partial charge in [-0.05, 0) is 24.6 Å². The average Bonchev–Trinajstić information content (AvgIpc) is 2.45. The van der Waals surface area contributed by atoms with Crippen molar-refractivity contribution in [2.45, 2.75) is 11.8 Å². The van der Waals surface area contributed by atoms with Crippen LogP contribution >= 0.6 is 11.8 Å². The van der Waals surface area contributed by atoms with Crippen molar-refractivity contribution in [3.63, 3.8) is 0 Å². The van der Waals surface area contributed by atoms with Crippen molar-refractivity contribution in [3.05, 3.63) is 58.3 Å². The fourth-order valence-electron chi connectivity index (χ4n) is 1.68. The third-order valence-electron chi connectivity index (χ3n) is 2.61. The van der Waals surface area contributed by atoms with Gasteiger partial charge in [0.05, 0.1) is 4.92 Å². The van der Waals surface area contributed by atoms with Gasteiger partial charge in [-0.1, -0.05) is 18.2 Å². The molecule has 0 saturated carbocycles. The molecule has 0 radical (unpaired) electrons. The number of aryl methyl sites for hydroxylation is 1. The minimum atomic E-state index is -0.410. The Morgan fingerprint density at radius 1 is 1.35 bits per heavy atom. The Morgan fingerprint density at radius 2 is 2.10 bits per heavy atom. The van der Waals surface area contributed by atoms with Crippen molar-refractivity contribution in [3.8, 4) is 0 Å². The minimum absolute atomic E-state index is 0.0229. The summed E-state index contributed by atoms with van der Waals surface area (Å²) in [4.78, 5) is 15.8. The molecular weight excluding hydrogens is 274 g/mol. The van der Waals surface area contributed by atoms with E-state index in [1.807, 2.05) is 30.3 Å². The van der Waals surface area contributed by atoms with E-state index < -0.39 is 4.92 Å². The van der Waals surface area contributed by atoms with Crippen LogP contribution in [-0.4, -0.2) is 22.2 Å². The van der Waals surface area contributed by atoms with Crippen molar-refractivity contribution >= 4 is 23.3 Å². The maximum atomic E-state index is 10.9. The number of hydrogen-bond acceptors (Lipinski definition) is 5. The summed E-state index contributed by atoms with van der Waals surface area (Å²) < 4.78 is 0. The molecule has 0 saturated heterocycles. The summed E-state index contributed by atoms with van der Waals surface area (Å²) in [7, 11) is 0. The second-order valence-corrected chi connectivity index (χ2v) is 5.39. The zero-order valence-electron chi connectivity index (χ0n) is 11.1. The minimum Gasteiger partial charge on any atom is -0.364 e. The smallest absolute Gasteiger partial charge is 0.311 e. The van der Waals surface area contributed by atoms with Gasteiger partial charge in [0.25, 0.3) is 0 Å². The standard InChI is InChI=1S/C14H15N3O2S/c1-11-9-13(17(18)19)14(16-10-11)15-7-8-20-12-5-3-2-4-6-12/h2-6,9-10H,7-8H2,1H3,(H,15,16). The molecule has 0 atom stereocenters. The molecule has 2 rings (SSSR count). The van der Waals surface area contributed by atoms with E-state index in [1.165, 1.54) is 11.0 Å². The van der Waals surface area contributed by atoms with E-state index in [0.29, 0.717) is 12.4 Å². The van der Waals surface area contributed by atoms with Crippen LogP contribution in [0.2, 0.25) is 0 Å². The Morgan fingerprint density at radius 3 is 2.80 bits per heavy atom. The molecule has 0 bridgehead atoms. The summed E-state index contributed by atoms with van der Waals surface area (Å²) in [6.45, 7) is 2.41. The first-order chi connectivity index (χ1) is 9.66. The summed E-state index contributed by atoms with van der Waals surface area (Å²) in [6.07, 6.45) is 1.62. The normalized spacial score (nSPS) is 10.2. The number of nitrogens with zero attached hydrogens (tertiary/aromatic N) is 2. The Bertz CT molecular complexity index is 590. The number of aromatic nitrogens is 1. The quantitative estimate of drug-likeness (QED) is 0.381. The van der Waals surface area contributed by atoms with Gasteiger partial charge in [0.2, 0.25) is 5.82 Å². The predicted octanol–water partition coefficient (Wildman–Crippen LogP) is 3.50. The lowest BCUT2D eigenvalue weighted by Crippen LogP contribution is -2.08. The summed E-state index contributed by atoms with van der Waals surface area (Å²) in [5.41, 5.74) is 0.802. The number of thioether (sulfide) groups is 1. The first-order valence-corrected chi connectivity index (χ1v) is 7.18. The lowest BCUT2D eigenvalue weighted by atomic mass is 10.3. The number of pyridine rings is 1. The van der Waals surface area contributed by atoms with Gasteiger partial charge in [0, 0.05) is 29.5 Å². The van der Waals surface area contributed by atoms with Crippen LogP contribution in [0.1, 0.15) is 5.56 Å². The molecule has 1 N–H and O–H groups in total. The van der Waals surface area contributed by atoms with Crippen molar-refractivity contribution in [2.24, 2.45) is 0 Å². The predicted molar refractivity (Wildman–Crippen MR) is 81.3 cm³/mol. The molecule has 1 aromatic heterocycles. The fourth-order valence-corrected chi connectivity index (χ4v) is 2.47. The van der Waals surface area contributed by atoms with Crippen LogP contribution in [0.3, 0.4) is 0 Å². The largest absolute Gasteiger partial charge is 0.364 e. The number of nitrogens with one attached hydrogen (secondary N) is 1. The Labute approximate surface area is 121 Å². The molecule has 104 valence electrons. The molecule has 20 heavy (non-hydrogen) atoms. The van der Waals surface area contributed by atoms with E-state index in [2.05, 4.69) is 10.3 Å². The highest BCUT2D eigenvalue weighted by atomic mass is 32.2. The van der Waals surface area contributed by atoms with Crippen LogP contribution in [0.4, 0.5) is 11.5 Å². The molecule has 6 heteroatoms. The van der Waals surface area contributed by atoms with Gasteiger partial charge < -0.3 is 5.32 Å². The van der Waals surface area contributed by atoms with E-state index in [-0.39, 0.29) is 5.69 Å². The van der Waals surface area contributed by atoms with E-state index in [0.717, 1.165) is 11.3 Å². The lowest BCUT2D eigenvalue weighted by molar-refractivity contribution is -0.384. The van der Waals surface area contributed by atoms with Gasteiger partial charge in [-0.25, -0.2) is 4.98 Å². The molecule has 0 aliphatic rings. The third kappa shape index (κ3) is 3.96. The summed E-state index contributed by atoms with van der Waals surface area (Å²) in [5.74, 6) is 1.14. The van der Waals surface area contributed by atoms with Crippen LogP contribution in [0, 0.1) is 17.0 Å². The van der Waals surface area contributed by atoms with E-state index in [9.17, 15) is 10.1 Å². The topological polar surface area (TPSA) is 68.1 Å². The summed E-state index contributed by atoms with van der Waals surface area (Å²) in [6, 6.07) is 11.6. The van der Waals surface area contributed by atoms with Crippen molar-refractivity contribution in [1.82, 2.24) is 4.98 Å². The number of nitro groups is 1. The number of hydrogen-bond donors (Lipinski definition) is 1. The fraction of sp³-hybridized carbons (Fsp3) is 0.214. The second-order valence-electron chi connectivity index (χ2n) is 4.23. The zero-order chi connectivity index (χ0) is 14.4. The van der Waals surface area contributed by atoms with E-state index in [1.54, 1.807) is 24.9 Å². The number of benzene rings is 1. The van der Waals surface area contributed by atoms with Gasteiger partial charge in [-0.3, -0.25) is 10.1 Å². The average molecular weight is 289 g/mol. The van der Waals surface area contributed by atoms with Gasteiger partial charge in [0.1, 0.15) is 0 Å². The van der Waals surface area contributed by atoms with Crippen LogP contribution in [-0.2, 0) is 0 Å². The molecule has 1 heterocycles. The Balaban J connectivity index is 1.90. The molecule has 1 aromatic carbocycles. The van der Waals surface area contributed by atoms with Crippen LogP contribution in [0.25, 0.3) is 0 Å². The molecule has 5 nitrogen and oxygen atoms in total. The Hall–Kier alpha value is -2.08. The summed E-state index contributed by atoms with van der Waals surface area (Å²) >= 11 is 1.70. The van der Waals surface area contributed by atoms with Gasteiger partial charge in [-0.2, -0.15) is 0 Å². The van der Waals surface area contributed by atoms with Crippen molar-refractivity contribution in [2.75, 3.05) is 17.6 Å². The highest BCUT2D eigenvalue weighted by molar-refractivity contribution is 7.99. The molecule has 0 aliphatic carbocycles. The first-order valence-electron chi connectivity index (χ1n) is 6.19. The maximum absolute atomic E-state index is 10.9. The monoisotopic (exact) mass is 289 g/mol. The van der Waals surface area contributed by atoms with E-state index >= 15 is 0 Å². The summed E-state index contributed by atoms with van der Waals surface area (Å²) in [5, 5.41) is 14.0. The molecule has 0 amide bonds. The molecule has 0 spiro atoms. The lowest BCUT2D eigenvalue weighted by Gasteiger charge is -2.06. The maximum Gasteiger partial charge on any atom is 0.311 e. The molecule has 0 unspecified atom stereocenters. The Kier molecular flexibility index (Phi) is 4.95. The van der Waals surface area contributed by atoms with Gasteiger partial charge in [0.15, 0.2) is 0 Å². The highest BCUT2D eigenvalue weighted by Gasteiger charge is 2.14.